The van der Waals surface area contributed by atoms with Gasteiger partial charge in [-0.3, -0.25) is 9.59 Å². The Morgan fingerprint density at radius 2 is 1.79 bits per heavy atom. The second-order valence-corrected chi connectivity index (χ2v) is 5.56. The Hall–Kier alpha value is -1.64. The number of aliphatic carboxylic acids is 1. The van der Waals surface area contributed by atoms with E-state index < -0.39 is 5.97 Å². The largest absolute Gasteiger partial charge is 0.481 e. The van der Waals surface area contributed by atoms with Gasteiger partial charge in [-0.15, -0.1) is 0 Å². The topological polar surface area (TPSA) is 54.4 Å². The maximum atomic E-state index is 12.4. The summed E-state index contributed by atoms with van der Waals surface area (Å²) in [4.78, 5) is 23.5. The maximum absolute atomic E-state index is 12.4. The number of rotatable bonds is 3. The van der Waals surface area contributed by atoms with Gasteiger partial charge in [0.1, 0.15) is 0 Å². The van der Waals surface area contributed by atoms with E-state index in [4.69, 9.17) is 5.11 Å². The Balaban J connectivity index is 2.14. The van der Waals surface area contributed by atoms with Crippen LogP contribution < -0.4 is 0 Å². The van der Waals surface area contributed by atoms with E-state index in [0.29, 0.717) is 12.8 Å². The number of Topliss-reactive ketones (excluding diaryl/α,β-unsaturated/α-hetero) is 1. The highest BCUT2D eigenvalue weighted by Crippen LogP contribution is 2.31. The predicted molar refractivity (Wildman–Crippen MR) is 73.3 cm³/mol. The van der Waals surface area contributed by atoms with Crippen LogP contribution in [0.3, 0.4) is 0 Å². The molecule has 1 fully saturated rings. The maximum Gasteiger partial charge on any atom is 0.306 e. The van der Waals surface area contributed by atoms with Crippen molar-refractivity contribution < 1.29 is 14.7 Å². The molecule has 1 aliphatic rings. The third-order valence-electron chi connectivity index (χ3n) is 4.19. The van der Waals surface area contributed by atoms with Crippen LogP contribution >= 0.6 is 0 Å². The summed E-state index contributed by atoms with van der Waals surface area (Å²) in [5, 5.41) is 9.08. The molecule has 1 aliphatic carbocycles. The molecule has 0 amide bonds. The lowest BCUT2D eigenvalue weighted by Gasteiger charge is -2.25. The minimum absolute atomic E-state index is 0.106. The van der Waals surface area contributed by atoms with Crippen LogP contribution in [-0.2, 0) is 4.79 Å². The normalized spacial score (nSPS) is 23.1. The molecule has 0 unspecified atom stereocenters. The van der Waals surface area contributed by atoms with E-state index in [1.807, 2.05) is 32.0 Å². The summed E-state index contributed by atoms with van der Waals surface area (Å²) in [5.74, 6) is -1.14. The van der Waals surface area contributed by atoms with Crippen molar-refractivity contribution in [1.29, 1.82) is 0 Å². The van der Waals surface area contributed by atoms with Crippen molar-refractivity contribution in [3.05, 3.63) is 34.9 Å². The summed E-state index contributed by atoms with van der Waals surface area (Å²) >= 11 is 0. The van der Waals surface area contributed by atoms with Crippen molar-refractivity contribution in [2.24, 2.45) is 11.8 Å². The predicted octanol–water partition coefficient (Wildman–Crippen LogP) is 3.38. The lowest BCUT2D eigenvalue weighted by Crippen LogP contribution is -2.27. The molecule has 2 atom stereocenters. The molecule has 3 nitrogen and oxygen atoms in total. The first-order chi connectivity index (χ1) is 8.99. The molecule has 102 valence electrons. The average molecular weight is 260 g/mol. The Kier molecular flexibility index (Phi) is 4.03. The minimum atomic E-state index is -0.766. The summed E-state index contributed by atoms with van der Waals surface area (Å²) in [6.07, 6.45) is 2.83. The molecule has 0 heterocycles. The van der Waals surface area contributed by atoms with Crippen molar-refractivity contribution in [2.45, 2.75) is 39.5 Å². The van der Waals surface area contributed by atoms with E-state index in [1.165, 1.54) is 5.56 Å². The quantitative estimate of drug-likeness (QED) is 0.848. The molecule has 1 N–H and O–H groups in total. The van der Waals surface area contributed by atoms with Crippen LogP contribution in [0.2, 0.25) is 0 Å². The molecule has 0 bridgehead atoms. The standard InChI is InChI=1S/C16H20O3/c1-10-6-7-13(8-11(10)2)15(17)12-4-3-5-14(9-12)16(18)19/h6-8,12,14H,3-5,9H2,1-2H3,(H,18,19)/t12-,14+/m0/s1. The van der Waals surface area contributed by atoms with Gasteiger partial charge in [0.2, 0.25) is 0 Å². The molecule has 1 aromatic rings. The molecule has 0 radical (unpaired) electrons. The summed E-state index contributed by atoms with van der Waals surface area (Å²) < 4.78 is 0. The lowest BCUT2D eigenvalue weighted by molar-refractivity contribution is -0.143. The zero-order chi connectivity index (χ0) is 14.0. The number of benzene rings is 1. The molecule has 1 saturated carbocycles. The average Bonchev–Trinajstić information content (AvgIpc) is 2.41. The first kappa shape index (κ1) is 13.8. The van der Waals surface area contributed by atoms with E-state index in [-0.39, 0.29) is 17.6 Å². The van der Waals surface area contributed by atoms with Crippen molar-refractivity contribution >= 4 is 11.8 Å². The van der Waals surface area contributed by atoms with Gasteiger partial charge in [0.05, 0.1) is 5.92 Å². The van der Waals surface area contributed by atoms with Crippen molar-refractivity contribution in [1.82, 2.24) is 0 Å². The van der Waals surface area contributed by atoms with E-state index in [9.17, 15) is 9.59 Å². The molecule has 0 spiro atoms. The number of carbonyl (C=O) groups is 2. The highest BCUT2D eigenvalue weighted by Gasteiger charge is 2.31. The van der Waals surface area contributed by atoms with E-state index in [1.54, 1.807) is 0 Å². The van der Waals surface area contributed by atoms with Crippen LogP contribution in [0.5, 0.6) is 0 Å². The number of carboxylic acids is 1. The second-order valence-electron chi connectivity index (χ2n) is 5.56. The first-order valence-corrected chi connectivity index (χ1v) is 6.83. The SMILES string of the molecule is Cc1ccc(C(=O)[C@H]2CCC[C@@H](C(=O)O)C2)cc1C. The molecule has 0 aliphatic heterocycles. The van der Waals surface area contributed by atoms with E-state index >= 15 is 0 Å². The van der Waals surface area contributed by atoms with Crippen LogP contribution in [0.25, 0.3) is 0 Å². The lowest BCUT2D eigenvalue weighted by atomic mass is 9.78. The van der Waals surface area contributed by atoms with Crippen molar-refractivity contribution in [3.8, 4) is 0 Å². The van der Waals surface area contributed by atoms with Crippen LogP contribution in [0.1, 0.15) is 47.2 Å². The highest BCUT2D eigenvalue weighted by molar-refractivity contribution is 5.98. The van der Waals surface area contributed by atoms with Gasteiger partial charge in [-0.05, 0) is 50.3 Å². The molecule has 19 heavy (non-hydrogen) atoms. The second kappa shape index (κ2) is 5.55. The summed E-state index contributed by atoms with van der Waals surface area (Å²) in [7, 11) is 0. The molecule has 1 aromatic carbocycles. The zero-order valence-electron chi connectivity index (χ0n) is 11.5. The number of carboxylic acid groups (broad SMARTS) is 1. The highest BCUT2D eigenvalue weighted by atomic mass is 16.4. The summed E-state index contributed by atoms with van der Waals surface area (Å²) in [6, 6.07) is 5.73. The molecule has 3 heteroatoms. The number of aryl methyl sites for hydroxylation is 2. The third kappa shape index (κ3) is 3.03. The van der Waals surface area contributed by atoms with Gasteiger partial charge in [0, 0.05) is 11.5 Å². The fraction of sp³-hybridized carbons (Fsp3) is 0.500. The Morgan fingerprint density at radius 1 is 1.11 bits per heavy atom. The van der Waals surface area contributed by atoms with Gasteiger partial charge >= 0.3 is 5.97 Å². The van der Waals surface area contributed by atoms with Crippen LogP contribution in [0.4, 0.5) is 0 Å². The monoisotopic (exact) mass is 260 g/mol. The fourth-order valence-corrected chi connectivity index (χ4v) is 2.78. The smallest absolute Gasteiger partial charge is 0.306 e. The molecular weight excluding hydrogens is 240 g/mol. The zero-order valence-corrected chi connectivity index (χ0v) is 11.5. The Morgan fingerprint density at radius 3 is 2.42 bits per heavy atom. The Labute approximate surface area is 113 Å². The molecule has 2 rings (SSSR count). The van der Waals surface area contributed by atoms with Crippen molar-refractivity contribution in [2.75, 3.05) is 0 Å². The van der Waals surface area contributed by atoms with Gasteiger partial charge in [0.15, 0.2) is 5.78 Å². The molecule has 0 aromatic heterocycles. The molecule has 0 saturated heterocycles. The number of ketones is 1. The van der Waals surface area contributed by atoms with Crippen molar-refractivity contribution in [3.63, 3.8) is 0 Å². The van der Waals surface area contributed by atoms with E-state index in [2.05, 4.69) is 0 Å². The number of hydrogen-bond acceptors (Lipinski definition) is 2. The van der Waals surface area contributed by atoms with Gasteiger partial charge in [-0.2, -0.15) is 0 Å². The summed E-state index contributed by atoms with van der Waals surface area (Å²) in [5.41, 5.74) is 3.00. The van der Waals surface area contributed by atoms with E-state index in [0.717, 1.165) is 24.0 Å². The van der Waals surface area contributed by atoms with Gasteiger partial charge in [-0.25, -0.2) is 0 Å². The molecular formula is C16H20O3. The number of carbonyl (C=O) groups excluding carboxylic acids is 1. The van der Waals surface area contributed by atoms with Gasteiger partial charge in [-0.1, -0.05) is 18.6 Å². The van der Waals surface area contributed by atoms with Gasteiger partial charge in [0.25, 0.3) is 0 Å². The summed E-state index contributed by atoms with van der Waals surface area (Å²) in [6.45, 7) is 4.01. The first-order valence-electron chi connectivity index (χ1n) is 6.83. The van der Waals surface area contributed by atoms with Gasteiger partial charge < -0.3 is 5.11 Å². The third-order valence-corrected chi connectivity index (χ3v) is 4.19. The van der Waals surface area contributed by atoms with Crippen LogP contribution in [-0.4, -0.2) is 16.9 Å². The number of hydrogen-bond donors (Lipinski definition) is 1. The van der Waals surface area contributed by atoms with Crippen LogP contribution in [0, 0.1) is 25.7 Å². The Bertz CT molecular complexity index is 505. The minimum Gasteiger partial charge on any atom is -0.481 e. The van der Waals surface area contributed by atoms with Crippen LogP contribution in [0.15, 0.2) is 18.2 Å². The fourth-order valence-electron chi connectivity index (χ4n) is 2.78.